The Labute approximate surface area is 237 Å². The van der Waals surface area contributed by atoms with Gasteiger partial charge in [-0.3, -0.25) is 0 Å². The number of fused-ring (bicyclic) bond motifs is 5. The number of rotatable bonds is 1. The molecule has 0 bridgehead atoms. The normalized spacial score (nSPS) is 12.9. The van der Waals surface area contributed by atoms with Crippen molar-refractivity contribution >= 4 is 96.7 Å². The molecule has 0 unspecified atom stereocenters. The Morgan fingerprint density at radius 2 is 1.22 bits per heavy atom. The zero-order chi connectivity index (χ0) is 26.4. The third-order valence-corrected chi connectivity index (χ3v) is 10.5. The van der Waals surface area contributed by atoms with Crippen LogP contribution in [-0.2, 0) is 0 Å². The largest absolute Gasteiger partial charge is 0.354 e. The Kier molecular flexibility index (Phi) is 3.52. The first kappa shape index (κ1) is 20.7. The van der Waals surface area contributed by atoms with E-state index >= 15 is 0 Å². The fourth-order valence-electron chi connectivity index (χ4n) is 7.72. The van der Waals surface area contributed by atoms with Crippen LogP contribution in [0, 0.1) is 0 Å². The average Bonchev–Trinajstić information content (AvgIpc) is 3.65. The molecule has 3 heteroatoms. The van der Waals surface area contributed by atoms with Crippen LogP contribution in [0.1, 0.15) is 0 Å². The van der Waals surface area contributed by atoms with Gasteiger partial charge in [-0.2, -0.15) is 0 Å². The predicted octanol–water partition coefficient (Wildman–Crippen LogP) is 11.1. The van der Waals surface area contributed by atoms with Crippen LogP contribution in [0.5, 0.6) is 0 Å². The SMILES string of the molecule is c1ccc2cc3c(cc2c1)sc1ccc(-n2c4cccc5c4c4c6c(ccc7[nH]c8cccc-5c8c76)ccc42)cc13. The number of aromatic nitrogens is 2. The molecule has 0 saturated carbocycles. The van der Waals surface area contributed by atoms with Crippen LogP contribution in [0.3, 0.4) is 0 Å². The molecule has 7 aromatic carbocycles. The smallest absolute Gasteiger partial charge is 0.0548 e. The molecule has 10 aromatic rings. The van der Waals surface area contributed by atoms with E-state index in [9.17, 15) is 0 Å². The molecule has 0 radical (unpaired) electrons. The quantitative estimate of drug-likeness (QED) is 0.215. The minimum absolute atomic E-state index is 1.21. The highest BCUT2D eigenvalue weighted by molar-refractivity contribution is 7.25. The van der Waals surface area contributed by atoms with Crippen molar-refractivity contribution in [3.63, 3.8) is 0 Å². The maximum Gasteiger partial charge on any atom is 0.0548 e. The van der Waals surface area contributed by atoms with E-state index in [-0.39, 0.29) is 0 Å². The number of nitrogens with zero attached hydrogens (tertiary/aromatic N) is 1. The van der Waals surface area contributed by atoms with E-state index in [0.29, 0.717) is 0 Å². The van der Waals surface area contributed by atoms with Gasteiger partial charge in [0.05, 0.1) is 11.0 Å². The van der Waals surface area contributed by atoms with Crippen molar-refractivity contribution in [2.45, 2.75) is 0 Å². The first-order valence-corrected chi connectivity index (χ1v) is 14.9. The summed E-state index contributed by atoms with van der Waals surface area (Å²) in [5.74, 6) is 0. The molecule has 11 rings (SSSR count). The van der Waals surface area contributed by atoms with Crippen LogP contribution in [0.15, 0.2) is 115 Å². The zero-order valence-electron chi connectivity index (χ0n) is 21.8. The molecule has 1 aliphatic carbocycles. The lowest BCUT2D eigenvalue weighted by Crippen LogP contribution is -1.94. The van der Waals surface area contributed by atoms with Gasteiger partial charge in [-0.1, -0.05) is 60.7 Å². The second-order valence-electron chi connectivity index (χ2n) is 11.4. The molecular weight excluding hydrogens is 516 g/mol. The number of hydrogen-bond donors (Lipinski definition) is 1. The maximum atomic E-state index is 3.72. The second kappa shape index (κ2) is 6.95. The standard InChI is InChI=1S/C38H20N2S/c1-2-6-22-18-33-26(17-21(22)5-1)27-19-23(13-16-32(27)41-33)40-30-10-4-8-25-24-7-3-9-28-35(24)37-29(39-28)14-11-20-12-15-31(40)38(34(20)37)36(25)30/h1-19,39H. The monoisotopic (exact) mass is 536 g/mol. The fraction of sp³-hybridized carbons (Fsp3) is 0. The van der Waals surface area contributed by atoms with Gasteiger partial charge in [0, 0.05) is 63.8 Å². The van der Waals surface area contributed by atoms with Gasteiger partial charge in [-0.25, -0.2) is 0 Å². The minimum atomic E-state index is 1.21. The van der Waals surface area contributed by atoms with E-state index in [4.69, 9.17) is 0 Å². The Bertz CT molecular complexity index is 2810. The second-order valence-corrected chi connectivity index (χ2v) is 12.5. The molecule has 188 valence electrons. The Hall–Kier alpha value is -5.12. The number of aromatic amines is 1. The molecule has 1 N–H and O–H groups in total. The van der Waals surface area contributed by atoms with E-state index in [1.54, 1.807) is 0 Å². The Balaban J connectivity index is 1.33. The summed E-state index contributed by atoms with van der Waals surface area (Å²) in [5.41, 5.74) is 8.78. The van der Waals surface area contributed by atoms with Crippen LogP contribution in [0.2, 0.25) is 0 Å². The van der Waals surface area contributed by atoms with Crippen molar-refractivity contribution in [3.8, 4) is 16.8 Å². The molecule has 41 heavy (non-hydrogen) atoms. The van der Waals surface area contributed by atoms with Crippen LogP contribution < -0.4 is 0 Å². The summed E-state index contributed by atoms with van der Waals surface area (Å²) in [7, 11) is 0. The molecule has 3 heterocycles. The number of hydrogen-bond acceptors (Lipinski definition) is 1. The number of nitrogens with one attached hydrogen (secondary N) is 1. The highest BCUT2D eigenvalue weighted by atomic mass is 32.1. The average molecular weight is 537 g/mol. The summed E-state index contributed by atoms with van der Waals surface area (Å²) in [6.07, 6.45) is 0. The van der Waals surface area contributed by atoms with Crippen LogP contribution in [0.4, 0.5) is 0 Å². The molecule has 0 spiro atoms. The van der Waals surface area contributed by atoms with Gasteiger partial charge in [0.2, 0.25) is 0 Å². The van der Waals surface area contributed by atoms with Gasteiger partial charge in [0.1, 0.15) is 0 Å². The first-order chi connectivity index (χ1) is 20.3. The molecule has 0 saturated heterocycles. The minimum Gasteiger partial charge on any atom is -0.354 e. The van der Waals surface area contributed by atoms with Crippen molar-refractivity contribution in [3.05, 3.63) is 115 Å². The summed E-state index contributed by atoms with van der Waals surface area (Å²) in [6.45, 7) is 0. The lowest BCUT2D eigenvalue weighted by atomic mass is 9.98. The highest BCUT2D eigenvalue weighted by Crippen LogP contribution is 2.50. The summed E-state index contributed by atoms with van der Waals surface area (Å²) in [6, 6.07) is 43.1. The Morgan fingerprint density at radius 1 is 0.463 bits per heavy atom. The van der Waals surface area contributed by atoms with Gasteiger partial charge in [0.15, 0.2) is 0 Å². The third-order valence-electron chi connectivity index (χ3n) is 9.39. The topological polar surface area (TPSA) is 20.7 Å². The van der Waals surface area contributed by atoms with Crippen LogP contribution in [-0.4, -0.2) is 9.55 Å². The summed E-state index contributed by atoms with van der Waals surface area (Å²) in [5, 5.41) is 13.3. The molecule has 0 atom stereocenters. The number of benzene rings is 7. The number of thiophene rings is 1. The van der Waals surface area contributed by atoms with Crippen molar-refractivity contribution in [1.29, 1.82) is 0 Å². The van der Waals surface area contributed by atoms with Crippen molar-refractivity contribution in [2.24, 2.45) is 0 Å². The van der Waals surface area contributed by atoms with E-state index in [1.807, 2.05) is 11.3 Å². The van der Waals surface area contributed by atoms with Crippen molar-refractivity contribution in [1.82, 2.24) is 9.55 Å². The molecule has 0 fully saturated rings. The van der Waals surface area contributed by atoms with Gasteiger partial charge in [-0.15, -0.1) is 11.3 Å². The highest BCUT2D eigenvalue weighted by Gasteiger charge is 2.25. The zero-order valence-corrected chi connectivity index (χ0v) is 22.6. The summed E-state index contributed by atoms with van der Waals surface area (Å²) < 4.78 is 5.17. The summed E-state index contributed by atoms with van der Waals surface area (Å²) in [4.78, 5) is 3.72. The van der Waals surface area contributed by atoms with Gasteiger partial charge in [-0.05, 0) is 81.9 Å². The predicted molar refractivity (Wildman–Crippen MR) is 177 cm³/mol. The lowest BCUT2D eigenvalue weighted by molar-refractivity contribution is 1.19. The Morgan fingerprint density at radius 3 is 2.15 bits per heavy atom. The van der Waals surface area contributed by atoms with Crippen LogP contribution in [0.25, 0.3) is 102 Å². The first-order valence-electron chi connectivity index (χ1n) is 14.1. The fourth-order valence-corrected chi connectivity index (χ4v) is 8.83. The van der Waals surface area contributed by atoms with Gasteiger partial charge in [0.25, 0.3) is 0 Å². The molecular formula is C38H20N2S. The molecule has 0 aliphatic heterocycles. The lowest BCUT2D eigenvalue weighted by Gasteiger charge is -2.11. The molecule has 3 aromatic heterocycles. The van der Waals surface area contributed by atoms with Crippen molar-refractivity contribution in [2.75, 3.05) is 0 Å². The van der Waals surface area contributed by atoms with Crippen LogP contribution >= 0.6 is 11.3 Å². The summed E-state index contributed by atoms with van der Waals surface area (Å²) >= 11 is 1.89. The van der Waals surface area contributed by atoms with E-state index in [0.717, 1.165) is 0 Å². The van der Waals surface area contributed by atoms with E-state index < -0.39 is 0 Å². The third kappa shape index (κ3) is 2.42. The van der Waals surface area contributed by atoms with Gasteiger partial charge < -0.3 is 9.55 Å². The molecule has 0 amide bonds. The molecule has 1 aliphatic rings. The van der Waals surface area contributed by atoms with Gasteiger partial charge >= 0.3 is 0 Å². The van der Waals surface area contributed by atoms with E-state index in [1.165, 1.54) is 102 Å². The van der Waals surface area contributed by atoms with Crippen molar-refractivity contribution < 1.29 is 0 Å². The maximum absolute atomic E-state index is 3.72. The molecule has 2 nitrogen and oxygen atoms in total. The van der Waals surface area contributed by atoms with E-state index in [2.05, 4.69) is 125 Å². The number of H-pyrrole nitrogens is 1.